The first-order valence-electron chi connectivity index (χ1n) is 21.2. The number of aromatic nitrogens is 3. The molecule has 8 aromatic carbocycles. The summed E-state index contributed by atoms with van der Waals surface area (Å²) in [5.41, 5.74) is 5.99. The SMILES string of the molecule is [2H]c1c(-c2ccc(-c3ccccc3)cc2)c([2H])c2c(oc3c([2H])c(-c4nc(-c5ccc(-c6ccccc6)cc5)nc(-c5ccc6sc7ccccc7c6c5)n4)c([2H])c([2H])c32)c1[2H]. The molecule has 11 aromatic rings. The van der Waals surface area contributed by atoms with E-state index in [0.29, 0.717) is 28.3 Å². The second-order valence-electron chi connectivity index (χ2n) is 13.5. The van der Waals surface area contributed by atoms with Crippen LogP contribution in [0.15, 0.2) is 192 Å². The number of fused-ring (bicyclic) bond motifs is 6. The van der Waals surface area contributed by atoms with Crippen molar-refractivity contribution in [2.45, 2.75) is 0 Å². The van der Waals surface area contributed by atoms with Gasteiger partial charge in [0.15, 0.2) is 17.5 Å². The molecule has 0 amide bonds. The predicted molar refractivity (Wildman–Crippen MR) is 233 cm³/mol. The van der Waals surface area contributed by atoms with E-state index in [4.69, 9.17) is 22.1 Å². The summed E-state index contributed by atoms with van der Waals surface area (Å²) in [6.07, 6.45) is 0. The Bertz CT molecular complexity index is 3570. The molecular weight excluding hydrogens is 703 g/mol. The van der Waals surface area contributed by atoms with Gasteiger partial charge in [0, 0.05) is 47.6 Å². The van der Waals surface area contributed by atoms with Crippen LogP contribution in [0.2, 0.25) is 0 Å². The molecule has 0 aliphatic heterocycles. The Labute approximate surface area is 335 Å². The highest BCUT2D eigenvalue weighted by molar-refractivity contribution is 7.25. The van der Waals surface area contributed by atoms with Crippen molar-refractivity contribution in [3.63, 3.8) is 0 Å². The molecule has 0 aliphatic rings. The van der Waals surface area contributed by atoms with Gasteiger partial charge in [0.25, 0.3) is 0 Å². The zero-order chi connectivity index (χ0) is 42.2. The van der Waals surface area contributed by atoms with E-state index < -0.39 is 0 Å². The molecule has 0 fully saturated rings. The average molecular weight is 740 g/mol. The van der Waals surface area contributed by atoms with Crippen LogP contribution in [-0.4, -0.2) is 15.0 Å². The van der Waals surface area contributed by atoms with E-state index in [1.807, 2.05) is 140 Å². The van der Waals surface area contributed by atoms with Crippen molar-refractivity contribution in [3.05, 3.63) is 188 Å². The maximum Gasteiger partial charge on any atom is 0.164 e. The van der Waals surface area contributed by atoms with Crippen molar-refractivity contribution in [3.8, 4) is 67.5 Å². The Morgan fingerprint density at radius 2 is 0.875 bits per heavy atom. The lowest BCUT2D eigenvalue weighted by Crippen LogP contribution is -2.00. The summed E-state index contributed by atoms with van der Waals surface area (Å²) in [6, 6.07) is 48.0. The molecule has 56 heavy (non-hydrogen) atoms. The molecule has 0 aliphatic carbocycles. The third kappa shape index (κ3) is 5.74. The predicted octanol–water partition coefficient (Wildman–Crippen LogP) is 14.1. The van der Waals surface area contributed by atoms with Gasteiger partial charge in [0.05, 0.1) is 8.22 Å². The van der Waals surface area contributed by atoms with Gasteiger partial charge >= 0.3 is 0 Å². The molecule has 11 rings (SSSR count). The highest BCUT2D eigenvalue weighted by Crippen LogP contribution is 2.38. The monoisotopic (exact) mass is 739 g/mol. The van der Waals surface area contributed by atoms with Crippen molar-refractivity contribution in [1.29, 1.82) is 0 Å². The van der Waals surface area contributed by atoms with Gasteiger partial charge in [-0.1, -0.05) is 139 Å². The van der Waals surface area contributed by atoms with Gasteiger partial charge in [0.2, 0.25) is 0 Å². The minimum atomic E-state index is -0.332. The van der Waals surface area contributed by atoms with Crippen LogP contribution in [-0.2, 0) is 0 Å². The summed E-state index contributed by atoms with van der Waals surface area (Å²) in [7, 11) is 0. The lowest BCUT2D eigenvalue weighted by atomic mass is 9.99. The number of hydrogen-bond acceptors (Lipinski definition) is 5. The van der Waals surface area contributed by atoms with E-state index in [1.54, 1.807) is 11.3 Å². The zero-order valence-electron chi connectivity index (χ0n) is 35.6. The smallest absolute Gasteiger partial charge is 0.164 e. The van der Waals surface area contributed by atoms with Crippen LogP contribution < -0.4 is 0 Å². The third-order valence-electron chi connectivity index (χ3n) is 10.0. The molecule has 262 valence electrons. The lowest BCUT2D eigenvalue weighted by molar-refractivity contribution is 0.669. The average Bonchev–Trinajstić information content (AvgIpc) is 3.91. The summed E-state index contributed by atoms with van der Waals surface area (Å²) in [5.74, 6) is 0.655. The molecule has 0 N–H and O–H groups in total. The number of hydrogen-bond donors (Lipinski definition) is 0. The molecule has 5 heteroatoms. The van der Waals surface area contributed by atoms with E-state index in [0.717, 1.165) is 42.4 Å². The first kappa shape index (κ1) is 26.5. The molecule has 3 aromatic heterocycles. The Morgan fingerprint density at radius 1 is 0.357 bits per heavy atom. The summed E-state index contributed by atoms with van der Waals surface area (Å²) in [6.45, 7) is 0. The van der Waals surface area contributed by atoms with E-state index >= 15 is 0 Å². The molecule has 0 atom stereocenters. The molecule has 0 radical (unpaired) electrons. The van der Waals surface area contributed by atoms with Crippen molar-refractivity contribution < 1.29 is 12.6 Å². The largest absolute Gasteiger partial charge is 0.456 e. The lowest BCUT2D eigenvalue weighted by Gasteiger charge is -2.09. The zero-order valence-corrected chi connectivity index (χ0v) is 30.4. The minimum Gasteiger partial charge on any atom is -0.456 e. The Balaban J connectivity index is 1.10. The highest BCUT2D eigenvalue weighted by atomic mass is 32.1. The summed E-state index contributed by atoms with van der Waals surface area (Å²) < 4.78 is 64.3. The van der Waals surface area contributed by atoms with E-state index in [9.17, 15) is 5.48 Å². The highest BCUT2D eigenvalue weighted by Gasteiger charge is 2.17. The second-order valence-corrected chi connectivity index (χ2v) is 14.6. The number of nitrogens with zero attached hydrogens (tertiary/aromatic N) is 3. The minimum absolute atomic E-state index is 0.0100. The van der Waals surface area contributed by atoms with Crippen molar-refractivity contribution >= 4 is 53.4 Å². The number of thiophene rings is 1. The van der Waals surface area contributed by atoms with Crippen LogP contribution in [0.4, 0.5) is 0 Å². The number of rotatable bonds is 6. The van der Waals surface area contributed by atoms with Gasteiger partial charge in [-0.2, -0.15) is 0 Å². The van der Waals surface area contributed by atoms with Gasteiger partial charge < -0.3 is 4.42 Å². The maximum atomic E-state index is 9.55. The van der Waals surface area contributed by atoms with Crippen LogP contribution >= 0.6 is 11.3 Å². The topological polar surface area (TPSA) is 51.8 Å². The van der Waals surface area contributed by atoms with Crippen molar-refractivity contribution in [1.82, 2.24) is 15.0 Å². The number of benzene rings is 8. The summed E-state index contributed by atoms with van der Waals surface area (Å²) in [4.78, 5) is 14.7. The molecule has 0 saturated heterocycles. The fraction of sp³-hybridized carbons (Fsp3) is 0. The van der Waals surface area contributed by atoms with Crippen molar-refractivity contribution in [2.75, 3.05) is 0 Å². The molecule has 0 saturated carbocycles. The van der Waals surface area contributed by atoms with Gasteiger partial charge in [-0.25, -0.2) is 15.0 Å². The fourth-order valence-corrected chi connectivity index (χ4v) is 8.25. The van der Waals surface area contributed by atoms with Gasteiger partial charge in [-0.15, -0.1) is 11.3 Å². The summed E-state index contributed by atoms with van der Waals surface area (Å²) in [5, 5.41) is 2.33. The quantitative estimate of drug-likeness (QED) is 0.170. The molecule has 0 unspecified atom stereocenters. The maximum absolute atomic E-state index is 9.55. The standard InChI is InChI=1S/C51H31N3OS/c1-3-9-32(10-4-1)34-15-17-36(18-16-34)38-24-27-45-43(29-38)41-26-23-40(31-46(41)55-45)51-53-49(37-21-19-35(20-22-37)33-11-5-2-6-12-33)52-50(54-51)39-25-28-48-44(30-39)42-13-7-8-14-47(42)56-48/h1-31H/i23D,24D,26D,27D,29D,31D. The van der Waals surface area contributed by atoms with Crippen molar-refractivity contribution in [2.24, 2.45) is 0 Å². The van der Waals surface area contributed by atoms with Crippen LogP contribution in [0.1, 0.15) is 8.22 Å². The van der Waals surface area contributed by atoms with Gasteiger partial charge in [0.1, 0.15) is 11.2 Å². The van der Waals surface area contributed by atoms with E-state index in [-0.39, 0.29) is 75.1 Å². The first-order valence-corrected chi connectivity index (χ1v) is 19.0. The Hall–Kier alpha value is -7.21. The molecule has 4 nitrogen and oxygen atoms in total. The fourth-order valence-electron chi connectivity index (χ4n) is 7.16. The van der Waals surface area contributed by atoms with Crippen LogP contribution in [0, 0.1) is 0 Å². The van der Waals surface area contributed by atoms with Crippen LogP contribution in [0.5, 0.6) is 0 Å². The number of furan rings is 1. The summed E-state index contributed by atoms with van der Waals surface area (Å²) >= 11 is 1.70. The molecule has 0 spiro atoms. The Kier molecular flexibility index (Phi) is 6.29. The third-order valence-corrected chi connectivity index (χ3v) is 11.2. The first-order chi connectivity index (χ1) is 30.2. The normalized spacial score (nSPS) is 13.1. The molecular formula is C51H31N3OS. The Morgan fingerprint density at radius 3 is 1.57 bits per heavy atom. The van der Waals surface area contributed by atoms with E-state index in [1.165, 1.54) is 0 Å². The van der Waals surface area contributed by atoms with Gasteiger partial charge in [-0.05, 0) is 81.8 Å². The molecule has 0 bridgehead atoms. The van der Waals surface area contributed by atoms with Crippen LogP contribution in [0.3, 0.4) is 0 Å². The molecule has 3 heterocycles. The second kappa shape index (κ2) is 13.3. The van der Waals surface area contributed by atoms with Gasteiger partial charge in [-0.3, -0.25) is 0 Å². The van der Waals surface area contributed by atoms with Crippen LogP contribution in [0.25, 0.3) is 110 Å². The van der Waals surface area contributed by atoms with E-state index in [2.05, 4.69) is 12.1 Å².